The second kappa shape index (κ2) is 6.08. The van der Waals surface area contributed by atoms with Crippen LogP contribution >= 0.6 is 0 Å². The molecule has 4 nitrogen and oxygen atoms in total. The Hall–Kier alpha value is -0.610. The van der Waals surface area contributed by atoms with Gasteiger partial charge in [-0.05, 0) is 18.8 Å². The summed E-state index contributed by atoms with van der Waals surface area (Å²) in [4.78, 5) is 11.7. The quantitative estimate of drug-likeness (QED) is 0.738. The van der Waals surface area contributed by atoms with Gasteiger partial charge in [-0.25, -0.2) is 5.01 Å². The van der Waals surface area contributed by atoms with Gasteiger partial charge in [-0.15, -0.1) is 0 Å². The summed E-state index contributed by atoms with van der Waals surface area (Å²) in [6.45, 7) is 6.79. The molecule has 1 atom stereocenters. The molecule has 0 aromatic heterocycles. The van der Waals surface area contributed by atoms with Crippen LogP contribution in [0.3, 0.4) is 0 Å². The summed E-state index contributed by atoms with van der Waals surface area (Å²) in [5.74, 6) is 0.462. The van der Waals surface area contributed by atoms with Crippen molar-refractivity contribution in [2.45, 2.75) is 33.1 Å². The predicted molar refractivity (Wildman–Crippen MR) is 59.1 cm³/mol. The first-order chi connectivity index (χ1) is 7.19. The third-order valence-corrected chi connectivity index (χ3v) is 2.71. The van der Waals surface area contributed by atoms with Crippen LogP contribution in [0.15, 0.2) is 0 Å². The van der Waals surface area contributed by atoms with Crippen LogP contribution in [-0.4, -0.2) is 47.3 Å². The number of aliphatic hydroxyl groups excluding tert-OH is 1. The number of hydrogen-bond donors (Lipinski definition) is 1. The Kier molecular flexibility index (Phi) is 5.05. The second-order valence-corrected chi connectivity index (χ2v) is 4.32. The third kappa shape index (κ3) is 3.47. The fraction of sp³-hybridized carbons (Fsp3) is 0.909. The minimum absolute atomic E-state index is 0.185. The zero-order valence-corrected chi connectivity index (χ0v) is 9.78. The SMILES string of the molecule is CCCN1C(=O)CCCN1CC(C)CO. The highest BCUT2D eigenvalue weighted by molar-refractivity contribution is 5.76. The zero-order valence-electron chi connectivity index (χ0n) is 9.78. The molecule has 1 heterocycles. The first-order valence-corrected chi connectivity index (χ1v) is 5.85. The molecule has 0 spiro atoms. The summed E-state index contributed by atoms with van der Waals surface area (Å²) < 4.78 is 0. The molecular formula is C11H22N2O2. The minimum atomic E-state index is 0.185. The average molecular weight is 214 g/mol. The van der Waals surface area contributed by atoms with E-state index in [9.17, 15) is 4.79 Å². The largest absolute Gasteiger partial charge is 0.396 e. The van der Waals surface area contributed by atoms with E-state index < -0.39 is 0 Å². The van der Waals surface area contributed by atoms with Crippen LogP contribution in [0.25, 0.3) is 0 Å². The summed E-state index contributed by atoms with van der Waals surface area (Å²) in [6.07, 6.45) is 2.59. The van der Waals surface area contributed by atoms with E-state index in [0.29, 0.717) is 6.42 Å². The van der Waals surface area contributed by atoms with E-state index in [1.807, 2.05) is 11.9 Å². The lowest BCUT2D eigenvalue weighted by molar-refractivity contribution is -0.157. The van der Waals surface area contributed by atoms with Crippen LogP contribution in [0.5, 0.6) is 0 Å². The van der Waals surface area contributed by atoms with Crippen LogP contribution in [0.2, 0.25) is 0 Å². The molecule has 0 bridgehead atoms. The lowest BCUT2D eigenvalue weighted by atomic mass is 10.1. The Morgan fingerprint density at radius 2 is 2.27 bits per heavy atom. The summed E-state index contributed by atoms with van der Waals surface area (Å²) in [5.41, 5.74) is 0. The van der Waals surface area contributed by atoms with Crippen molar-refractivity contribution in [3.63, 3.8) is 0 Å². The number of carbonyl (C=O) groups is 1. The van der Waals surface area contributed by atoms with Crippen LogP contribution in [0.4, 0.5) is 0 Å². The van der Waals surface area contributed by atoms with Crippen molar-refractivity contribution in [3.05, 3.63) is 0 Å². The average Bonchev–Trinajstić information content (AvgIpc) is 2.23. The van der Waals surface area contributed by atoms with Crippen molar-refractivity contribution in [3.8, 4) is 0 Å². The van der Waals surface area contributed by atoms with Gasteiger partial charge in [-0.2, -0.15) is 0 Å². The molecule has 0 aliphatic carbocycles. The lowest BCUT2D eigenvalue weighted by Crippen LogP contribution is -2.52. The number of amides is 1. The van der Waals surface area contributed by atoms with Crippen LogP contribution < -0.4 is 0 Å². The first-order valence-electron chi connectivity index (χ1n) is 5.85. The standard InChI is InChI=1S/C11H22N2O2/c1-3-6-13-11(15)5-4-7-12(13)8-10(2)9-14/h10,14H,3-9H2,1-2H3. The zero-order chi connectivity index (χ0) is 11.3. The fourth-order valence-electron chi connectivity index (χ4n) is 1.91. The van der Waals surface area contributed by atoms with Crippen LogP contribution in [-0.2, 0) is 4.79 Å². The molecule has 1 saturated heterocycles. The van der Waals surface area contributed by atoms with E-state index in [1.165, 1.54) is 0 Å². The molecule has 0 radical (unpaired) electrons. The van der Waals surface area contributed by atoms with Gasteiger partial charge in [-0.1, -0.05) is 13.8 Å². The van der Waals surface area contributed by atoms with Crippen molar-refractivity contribution < 1.29 is 9.90 Å². The van der Waals surface area contributed by atoms with Crippen molar-refractivity contribution >= 4 is 5.91 Å². The monoisotopic (exact) mass is 214 g/mol. The molecule has 1 unspecified atom stereocenters. The maximum atomic E-state index is 11.7. The van der Waals surface area contributed by atoms with Gasteiger partial charge >= 0.3 is 0 Å². The molecule has 1 aliphatic rings. The van der Waals surface area contributed by atoms with Gasteiger partial charge in [0.2, 0.25) is 5.91 Å². The molecule has 0 aromatic rings. The van der Waals surface area contributed by atoms with Crippen LogP contribution in [0, 0.1) is 5.92 Å². The highest BCUT2D eigenvalue weighted by Gasteiger charge is 2.25. The Morgan fingerprint density at radius 1 is 1.53 bits per heavy atom. The molecular weight excluding hydrogens is 192 g/mol. The van der Waals surface area contributed by atoms with Crippen molar-refractivity contribution in [2.24, 2.45) is 5.92 Å². The van der Waals surface area contributed by atoms with E-state index in [4.69, 9.17) is 5.11 Å². The smallest absolute Gasteiger partial charge is 0.236 e. The topological polar surface area (TPSA) is 43.8 Å². The van der Waals surface area contributed by atoms with E-state index >= 15 is 0 Å². The maximum absolute atomic E-state index is 11.7. The predicted octanol–water partition coefficient (Wildman–Crippen LogP) is 0.864. The molecule has 4 heteroatoms. The van der Waals surface area contributed by atoms with Gasteiger partial charge in [-0.3, -0.25) is 9.80 Å². The van der Waals surface area contributed by atoms with E-state index in [0.717, 1.165) is 32.5 Å². The number of rotatable bonds is 5. The van der Waals surface area contributed by atoms with Crippen LogP contribution in [0.1, 0.15) is 33.1 Å². The van der Waals surface area contributed by atoms with Gasteiger partial charge in [0, 0.05) is 32.7 Å². The third-order valence-electron chi connectivity index (χ3n) is 2.71. The molecule has 1 rings (SSSR count). The number of aliphatic hydroxyl groups is 1. The fourth-order valence-corrected chi connectivity index (χ4v) is 1.91. The van der Waals surface area contributed by atoms with Gasteiger partial charge in [0.25, 0.3) is 0 Å². The second-order valence-electron chi connectivity index (χ2n) is 4.32. The number of nitrogens with zero attached hydrogens (tertiary/aromatic N) is 2. The van der Waals surface area contributed by atoms with E-state index in [1.54, 1.807) is 0 Å². The number of hydrogen-bond acceptors (Lipinski definition) is 3. The molecule has 1 amide bonds. The van der Waals surface area contributed by atoms with Crippen molar-refractivity contribution in [1.29, 1.82) is 0 Å². The summed E-state index contributed by atoms with van der Waals surface area (Å²) >= 11 is 0. The Balaban J connectivity index is 2.54. The normalized spacial score (nSPS) is 20.7. The summed E-state index contributed by atoms with van der Waals surface area (Å²) in [6, 6.07) is 0. The molecule has 15 heavy (non-hydrogen) atoms. The summed E-state index contributed by atoms with van der Waals surface area (Å²) in [7, 11) is 0. The van der Waals surface area contributed by atoms with Crippen molar-refractivity contribution in [1.82, 2.24) is 10.0 Å². The molecule has 1 N–H and O–H groups in total. The van der Waals surface area contributed by atoms with Gasteiger partial charge in [0.15, 0.2) is 0 Å². The number of hydrazine groups is 1. The Labute approximate surface area is 91.8 Å². The van der Waals surface area contributed by atoms with E-state index in [-0.39, 0.29) is 18.4 Å². The van der Waals surface area contributed by atoms with E-state index in [2.05, 4.69) is 11.9 Å². The van der Waals surface area contributed by atoms with Gasteiger partial charge in [0.05, 0.1) is 0 Å². The Morgan fingerprint density at radius 3 is 2.87 bits per heavy atom. The maximum Gasteiger partial charge on any atom is 0.236 e. The lowest BCUT2D eigenvalue weighted by Gasteiger charge is -2.39. The molecule has 88 valence electrons. The van der Waals surface area contributed by atoms with Gasteiger partial charge in [0.1, 0.15) is 0 Å². The molecule has 1 aliphatic heterocycles. The van der Waals surface area contributed by atoms with Crippen molar-refractivity contribution in [2.75, 3.05) is 26.2 Å². The summed E-state index contributed by atoms with van der Waals surface area (Å²) in [5, 5.41) is 13.0. The first kappa shape index (κ1) is 12.5. The van der Waals surface area contributed by atoms with Gasteiger partial charge < -0.3 is 5.11 Å². The minimum Gasteiger partial charge on any atom is -0.396 e. The highest BCUT2D eigenvalue weighted by atomic mass is 16.3. The molecule has 0 saturated carbocycles. The molecule has 1 fully saturated rings. The Bertz CT molecular complexity index is 209. The number of carbonyl (C=O) groups excluding carboxylic acids is 1. The molecule has 0 aromatic carbocycles. The highest BCUT2D eigenvalue weighted by Crippen LogP contribution is 2.14.